The first-order valence-electron chi connectivity index (χ1n) is 5.79. The van der Waals surface area contributed by atoms with E-state index in [1.54, 1.807) is 6.07 Å². The molecule has 94 valence electrons. The van der Waals surface area contributed by atoms with Crippen molar-refractivity contribution in [1.82, 2.24) is 4.90 Å². The van der Waals surface area contributed by atoms with Crippen molar-refractivity contribution < 1.29 is 9.21 Å². The largest absolute Gasteiger partial charge is 0.451 e. The molecule has 5 heteroatoms. The van der Waals surface area contributed by atoms with Crippen molar-refractivity contribution in [2.24, 2.45) is 5.73 Å². The normalized spacial score (nSPS) is 15.9. The Bertz CT molecular complexity index is 648. The van der Waals surface area contributed by atoms with E-state index >= 15 is 0 Å². The van der Waals surface area contributed by atoms with Crippen LogP contribution in [-0.4, -0.2) is 24.4 Å². The molecule has 0 radical (unpaired) electrons. The van der Waals surface area contributed by atoms with Gasteiger partial charge in [-0.25, -0.2) is 0 Å². The van der Waals surface area contributed by atoms with Crippen LogP contribution in [0.3, 0.4) is 0 Å². The lowest BCUT2D eigenvalue weighted by atomic mass is 10.0. The maximum absolute atomic E-state index is 11.5. The third kappa shape index (κ3) is 1.61. The topological polar surface area (TPSA) is 59.5 Å². The third-order valence-corrected chi connectivity index (χ3v) is 3.75. The molecule has 1 aromatic heterocycles. The van der Waals surface area contributed by atoms with Crippen molar-refractivity contribution in [2.45, 2.75) is 13.0 Å². The summed E-state index contributed by atoms with van der Waals surface area (Å²) in [7, 11) is 2.00. The number of primary amides is 1. The molecule has 0 unspecified atom stereocenters. The summed E-state index contributed by atoms with van der Waals surface area (Å²) in [6, 6.07) is 3.60. The molecule has 0 saturated heterocycles. The quantitative estimate of drug-likeness (QED) is 0.859. The highest BCUT2D eigenvalue weighted by Gasteiger charge is 2.25. The lowest BCUT2D eigenvalue weighted by molar-refractivity contribution is 0.0973. The van der Waals surface area contributed by atoms with Gasteiger partial charge in [0.2, 0.25) is 0 Å². The molecule has 18 heavy (non-hydrogen) atoms. The van der Waals surface area contributed by atoms with Crippen LogP contribution in [0.4, 0.5) is 0 Å². The van der Waals surface area contributed by atoms with Gasteiger partial charge in [-0.2, -0.15) is 0 Å². The summed E-state index contributed by atoms with van der Waals surface area (Å²) >= 11 is 6.24. The highest BCUT2D eigenvalue weighted by molar-refractivity contribution is 6.32. The lowest BCUT2D eigenvalue weighted by Gasteiger charge is -2.12. The van der Waals surface area contributed by atoms with E-state index in [0.29, 0.717) is 12.1 Å². The van der Waals surface area contributed by atoms with Gasteiger partial charge >= 0.3 is 0 Å². The monoisotopic (exact) mass is 264 g/mol. The minimum Gasteiger partial charge on any atom is -0.451 e. The maximum Gasteiger partial charge on any atom is 0.284 e. The predicted octanol–water partition coefficient (Wildman–Crippen LogP) is 2.17. The molecule has 2 heterocycles. The Labute approximate surface area is 109 Å². The van der Waals surface area contributed by atoms with E-state index in [-0.39, 0.29) is 5.76 Å². The standard InChI is InChI=1S/C13H13ClN2O2/c1-16-5-4-7-9(14)2-3-10-11(7)8(6-16)12(18-10)13(15)17/h2-3H,4-6H2,1H3,(H2,15,17). The summed E-state index contributed by atoms with van der Waals surface area (Å²) in [5, 5.41) is 1.68. The van der Waals surface area contributed by atoms with Gasteiger partial charge in [0.1, 0.15) is 5.58 Å². The molecule has 0 bridgehead atoms. The van der Waals surface area contributed by atoms with Crippen LogP contribution in [0.1, 0.15) is 21.7 Å². The molecule has 0 aliphatic carbocycles. The van der Waals surface area contributed by atoms with Crippen LogP contribution in [0.5, 0.6) is 0 Å². The number of halogens is 1. The second-order valence-electron chi connectivity index (χ2n) is 4.66. The van der Waals surface area contributed by atoms with Crippen LogP contribution in [-0.2, 0) is 13.0 Å². The van der Waals surface area contributed by atoms with Crippen molar-refractivity contribution in [1.29, 1.82) is 0 Å². The summed E-state index contributed by atoms with van der Waals surface area (Å²) < 4.78 is 5.57. The number of benzene rings is 1. The van der Waals surface area contributed by atoms with Gasteiger partial charge in [0, 0.05) is 29.1 Å². The van der Waals surface area contributed by atoms with Gasteiger partial charge in [-0.05, 0) is 31.2 Å². The smallest absolute Gasteiger partial charge is 0.284 e. The molecule has 2 aromatic rings. The van der Waals surface area contributed by atoms with Crippen molar-refractivity contribution in [3.8, 4) is 0 Å². The first kappa shape index (κ1) is 11.6. The number of nitrogens with zero attached hydrogens (tertiary/aromatic N) is 1. The average molecular weight is 265 g/mol. The van der Waals surface area contributed by atoms with Crippen LogP contribution < -0.4 is 5.73 Å². The molecule has 0 spiro atoms. The number of carbonyl (C=O) groups is 1. The van der Waals surface area contributed by atoms with E-state index in [1.807, 2.05) is 13.1 Å². The number of rotatable bonds is 1. The van der Waals surface area contributed by atoms with E-state index < -0.39 is 5.91 Å². The number of carbonyl (C=O) groups excluding carboxylic acids is 1. The molecule has 0 atom stereocenters. The van der Waals surface area contributed by atoms with E-state index in [2.05, 4.69) is 4.90 Å². The SMILES string of the molecule is CN1CCc2c(Cl)ccc3oc(C(N)=O)c(c23)C1. The number of hydrogen-bond acceptors (Lipinski definition) is 3. The number of furan rings is 1. The lowest BCUT2D eigenvalue weighted by Crippen LogP contribution is -2.20. The molecular weight excluding hydrogens is 252 g/mol. The highest BCUT2D eigenvalue weighted by atomic mass is 35.5. The van der Waals surface area contributed by atoms with Gasteiger partial charge in [-0.1, -0.05) is 11.6 Å². The zero-order valence-corrected chi connectivity index (χ0v) is 10.8. The van der Waals surface area contributed by atoms with Crippen LogP contribution in [0.25, 0.3) is 11.0 Å². The summed E-state index contributed by atoms with van der Waals surface area (Å²) in [6.45, 7) is 1.55. The molecule has 4 nitrogen and oxygen atoms in total. The molecule has 3 rings (SSSR count). The van der Waals surface area contributed by atoms with Crippen molar-refractivity contribution >= 4 is 28.5 Å². The second kappa shape index (κ2) is 4.00. The highest BCUT2D eigenvalue weighted by Crippen LogP contribution is 2.35. The Morgan fingerprint density at radius 2 is 2.22 bits per heavy atom. The van der Waals surface area contributed by atoms with Gasteiger partial charge in [-0.3, -0.25) is 4.79 Å². The summed E-state index contributed by atoms with van der Waals surface area (Å²) in [6.07, 6.45) is 0.845. The van der Waals surface area contributed by atoms with Crippen LogP contribution in [0.15, 0.2) is 16.5 Å². The molecule has 0 fully saturated rings. The van der Waals surface area contributed by atoms with Crippen molar-refractivity contribution in [3.05, 3.63) is 34.0 Å². The molecule has 2 N–H and O–H groups in total. The minimum absolute atomic E-state index is 0.252. The van der Waals surface area contributed by atoms with Crippen LogP contribution in [0.2, 0.25) is 5.02 Å². The first-order valence-corrected chi connectivity index (χ1v) is 6.17. The van der Waals surface area contributed by atoms with Gasteiger partial charge in [0.05, 0.1) is 0 Å². The molecule has 1 aromatic carbocycles. The molecular formula is C13H13ClN2O2. The summed E-state index contributed by atoms with van der Waals surface area (Å²) in [5.74, 6) is -0.277. The van der Waals surface area contributed by atoms with E-state index in [9.17, 15) is 4.79 Å². The van der Waals surface area contributed by atoms with Gasteiger partial charge in [-0.15, -0.1) is 0 Å². The Morgan fingerprint density at radius 3 is 2.94 bits per heavy atom. The zero-order chi connectivity index (χ0) is 12.9. The Morgan fingerprint density at radius 1 is 1.44 bits per heavy atom. The zero-order valence-electron chi connectivity index (χ0n) is 10.00. The first-order chi connectivity index (χ1) is 8.58. The second-order valence-corrected chi connectivity index (χ2v) is 5.07. The average Bonchev–Trinajstić information content (AvgIpc) is 2.57. The number of hydrogen-bond donors (Lipinski definition) is 1. The minimum atomic E-state index is -0.529. The van der Waals surface area contributed by atoms with Gasteiger partial charge in [0.25, 0.3) is 5.91 Å². The molecule has 1 aliphatic heterocycles. The van der Waals surface area contributed by atoms with E-state index in [0.717, 1.165) is 34.5 Å². The summed E-state index contributed by atoms with van der Waals surface area (Å²) in [4.78, 5) is 13.6. The van der Waals surface area contributed by atoms with Crippen molar-refractivity contribution in [3.63, 3.8) is 0 Å². The Kier molecular flexibility index (Phi) is 2.57. The maximum atomic E-state index is 11.5. The van der Waals surface area contributed by atoms with Crippen LogP contribution in [0, 0.1) is 0 Å². The fourth-order valence-electron chi connectivity index (χ4n) is 2.55. The van der Waals surface area contributed by atoms with Gasteiger partial charge < -0.3 is 15.1 Å². The molecule has 1 amide bonds. The van der Waals surface area contributed by atoms with E-state index in [1.165, 1.54) is 0 Å². The van der Waals surface area contributed by atoms with E-state index in [4.69, 9.17) is 21.8 Å². The molecule has 0 saturated carbocycles. The summed E-state index contributed by atoms with van der Waals surface area (Å²) in [5.41, 5.74) is 7.97. The number of amides is 1. The third-order valence-electron chi connectivity index (χ3n) is 3.40. The van der Waals surface area contributed by atoms with Gasteiger partial charge in [0.15, 0.2) is 5.76 Å². The fourth-order valence-corrected chi connectivity index (χ4v) is 2.80. The number of likely N-dealkylation sites (N-methyl/N-ethyl adjacent to an activating group) is 1. The fraction of sp³-hybridized carbons (Fsp3) is 0.308. The number of nitrogens with two attached hydrogens (primary N) is 1. The van der Waals surface area contributed by atoms with Crippen LogP contribution >= 0.6 is 11.6 Å². The molecule has 1 aliphatic rings. The Hall–Kier alpha value is -1.52. The Balaban J connectivity index is 2.39. The van der Waals surface area contributed by atoms with Crippen molar-refractivity contribution in [2.75, 3.05) is 13.6 Å². The predicted molar refractivity (Wildman–Crippen MR) is 69.8 cm³/mol.